The molecule has 1 aromatic rings. The number of nitrogens with zero attached hydrogens (tertiary/aromatic N) is 1. The minimum absolute atomic E-state index is 0. The molecule has 0 aliphatic carbocycles. The van der Waals surface area contributed by atoms with Crippen LogP contribution in [0, 0.1) is 0 Å². The summed E-state index contributed by atoms with van der Waals surface area (Å²) in [5, 5.41) is 2.95. The highest BCUT2D eigenvalue weighted by atomic mass is 79.9. The third-order valence-corrected chi connectivity index (χ3v) is 4.66. The van der Waals surface area contributed by atoms with E-state index in [9.17, 15) is 4.79 Å². The molecule has 2 rings (SSSR count). The molecule has 25 heavy (non-hydrogen) atoms. The Bertz CT molecular complexity index is 553. The lowest BCUT2D eigenvalue weighted by Gasteiger charge is -2.38. The number of nitrogens with two attached hydrogens (primary N) is 1. The summed E-state index contributed by atoms with van der Waals surface area (Å²) in [4.78, 5) is 14.7. The maximum Gasteiger partial charge on any atom is 0.244 e. The van der Waals surface area contributed by atoms with Crippen LogP contribution in [0.4, 0.5) is 0 Å². The Labute approximate surface area is 171 Å². The number of nitrogens with one attached hydrogen (secondary N) is 1. The molecule has 1 aromatic carbocycles. The highest BCUT2D eigenvalue weighted by molar-refractivity contribution is 9.10. The van der Waals surface area contributed by atoms with Crippen molar-refractivity contribution in [3.05, 3.63) is 34.3 Å². The second-order valence-corrected chi connectivity index (χ2v) is 7.77. The Morgan fingerprint density at radius 1 is 1.36 bits per heavy atom. The first-order valence-electron chi connectivity index (χ1n) is 7.90. The van der Waals surface area contributed by atoms with Gasteiger partial charge in [0.15, 0.2) is 0 Å². The van der Waals surface area contributed by atoms with Crippen molar-refractivity contribution in [1.82, 2.24) is 10.2 Å². The fraction of sp³-hybridized carbons (Fsp3) is 0.588. The number of hydrogen-bond donors (Lipinski definition) is 2. The van der Waals surface area contributed by atoms with Gasteiger partial charge in [0.05, 0.1) is 12.2 Å². The van der Waals surface area contributed by atoms with Gasteiger partial charge in [0.1, 0.15) is 5.54 Å². The number of carbonyl (C=O) groups is 1. The van der Waals surface area contributed by atoms with Crippen molar-refractivity contribution in [3.8, 4) is 0 Å². The fourth-order valence-electron chi connectivity index (χ4n) is 2.74. The van der Waals surface area contributed by atoms with Crippen LogP contribution in [0.15, 0.2) is 28.7 Å². The van der Waals surface area contributed by atoms with Crippen LogP contribution in [0.5, 0.6) is 0 Å². The lowest BCUT2D eigenvalue weighted by molar-refractivity contribution is -0.126. The number of rotatable bonds is 5. The lowest BCUT2D eigenvalue weighted by Crippen LogP contribution is -2.53. The summed E-state index contributed by atoms with van der Waals surface area (Å²) < 4.78 is 6.66. The lowest BCUT2D eigenvalue weighted by atomic mass is 9.92. The summed E-state index contributed by atoms with van der Waals surface area (Å²) in [5.41, 5.74) is 5.87. The monoisotopic (exact) mass is 455 g/mol. The summed E-state index contributed by atoms with van der Waals surface area (Å²) in [6.45, 7) is 9.79. The molecule has 5 nitrogen and oxygen atoms in total. The van der Waals surface area contributed by atoms with Crippen molar-refractivity contribution >= 4 is 46.7 Å². The van der Waals surface area contributed by atoms with Gasteiger partial charge in [-0.1, -0.05) is 28.1 Å². The van der Waals surface area contributed by atoms with Crippen LogP contribution in [0.3, 0.4) is 0 Å². The van der Waals surface area contributed by atoms with Crippen LogP contribution in [0.2, 0.25) is 0 Å². The number of hydrogen-bond acceptors (Lipinski definition) is 4. The maximum atomic E-state index is 12.4. The molecule has 0 radical (unpaired) electrons. The zero-order valence-corrected chi connectivity index (χ0v) is 18.1. The molecule has 1 aliphatic heterocycles. The van der Waals surface area contributed by atoms with E-state index in [1.165, 1.54) is 0 Å². The van der Waals surface area contributed by atoms with E-state index in [-0.39, 0.29) is 36.3 Å². The molecule has 0 spiro atoms. The van der Waals surface area contributed by atoms with Crippen LogP contribution in [-0.2, 0) is 15.1 Å². The van der Waals surface area contributed by atoms with E-state index in [0.717, 1.165) is 36.3 Å². The third kappa shape index (κ3) is 7.04. The van der Waals surface area contributed by atoms with E-state index < -0.39 is 5.54 Å². The molecule has 8 heteroatoms. The number of ether oxygens (including phenoxy) is 1. The van der Waals surface area contributed by atoms with Crippen molar-refractivity contribution in [2.24, 2.45) is 5.73 Å². The average Bonchev–Trinajstić information content (AvgIpc) is 2.46. The summed E-state index contributed by atoms with van der Waals surface area (Å²) in [7, 11) is 0. The molecular weight excluding hydrogens is 429 g/mol. The van der Waals surface area contributed by atoms with Gasteiger partial charge in [-0.05, 0) is 38.5 Å². The van der Waals surface area contributed by atoms with Crippen LogP contribution in [0.1, 0.15) is 26.3 Å². The largest absolute Gasteiger partial charge is 0.373 e. The van der Waals surface area contributed by atoms with E-state index in [2.05, 4.69) is 40.0 Å². The molecule has 1 fully saturated rings. The smallest absolute Gasteiger partial charge is 0.244 e. The number of halogens is 3. The first kappa shape index (κ1) is 24.6. The molecule has 144 valence electrons. The molecule has 0 aromatic heterocycles. The topological polar surface area (TPSA) is 67.6 Å². The van der Waals surface area contributed by atoms with Gasteiger partial charge in [-0.15, -0.1) is 24.8 Å². The van der Waals surface area contributed by atoms with Crippen molar-refractivity contribution in [2.75, 3.05) is 32.8 Å². The zero-order valence-electron chi connectivity index (χ0n) is 14.9. The molecule has 3 N–H and O–H groups in total. The Kier molecular flexibility index (Phi) is 9.94. The highest BCUT2D eigenvalue weighted by Gasteiger charge is 2.31. The van der Waals surface area contributed by atoms with Gasteiger partial charge in [-0.3, -0.25) is 9.69 Å². The third-order valence-electron chi connectivity index (χ3n) is 4.13. The molecule has 0 bridgehead atoms. The van der Waals surface area contributed by atoms with E-state index in [1.54, 1.807) is 6.92 Å². The minimum Gasteiger partial charge on any atom is -0.373 e. The quantitative estimate of drug-likeness (QED) is 0.714. The average molecular weight is 457 g/mol. The van der Waals surface area contributed by atoms with Crippen molar-refractivity contribution in [1.29, 1.82) is 0 Å². The van der Waals surface area contributed by atoms with Crippen molar-refractivity contribution < 1.29 is 9.53 Å². The van der Waals surface area contributed by atoms with Crippen molar-refractivity contribution in [3.63, 3.8) is 0 Å². The highest BCUT2D eigenvalue weighted by Crippen LogP contribution is 2.20. The summed E-state index contributed by atoms with van der Waals surface area (Å²) in [5.74, 6) is -0.160. The molecule has 0 saturated carbocycles. The van der Waals surface area contributed by atoms with Crippen LogP contribution < -0.4 is 11.1 Å². The molecule has 1 saturated heterocycles. The van der Waals surface area contributed by atoms with Crippen molar-refractivity contribution in [2.45, 2.75) is 31.9 Å². The van der Waals surface area contributed by atoms with Gasteiger partial charge in [0.2, 0.25) is 5.91 Å². The summed E-state index contributed by atoms with van der Waals surface area (Å²) in [6.07, 6.45) is 0. The van der Waals surface area contributed by atoms with E-state index in [1.807, 2.05) is 24.3 Å². The Morgan fingerprint density at radius 3 is 2.52 bits per heavy atom. The van der Waals surface area contributed by atoms with E-state index >= 15 is 0 Å². The number of amides is 1. The second-order valence-electron chi connectivity index (χ2n) is 6.85. The Hall–Kier alpha value is -0.370. The normalized spacial score (nSPS) is 19.1. The van der Waals surface area contributed by atoms with E-state index in [0.29, 0.717) is 6.54 Å². The predicted molar refractivity (Wildman–Crippen MR) is 110 cm³/mol. The Morgan fingerprint density at radius 2 is 1.96 bits per heavy atom. The van der Waals surface area contributed by atoms with Crippen LogP contribution in [0.25, 0.3) is 0 Å². The fourth-order valence-corrected chi connectivity index (χ4v) is 3.01. The number of morpholine rings is 1. The molecule has 1 atom stereocenters. The molecule has 1 unspecified atom stereocenters. The van der Waals surface area contributed by atoms with Gasteiger partial charge in [0, 0.05) is 30.7 Å². The number of carbonyl (C=O) groups excluding carboxylic acids is 1. The second kappa shape index (κ2) is 10.1. The molecule has 1 amide bonds. The Balaban J connectivity index is 0.00000288. The first-order valence-corrected chi connectivity index (χ1v) is 8.69. The van der Waals surface area contributed by atoms with Crippen LogP contribution >= 0.6 is 40.7 Å². The zero-order chi connectivity index (χ0) is 17.1. The standard InChI is InChI=1S/C17H26BrN3O2.2ClH/c1-16(2)12-21(10-11-23-16)9-8-20-15(22)17(3,19)13-4-6-14(18)7-5-13;;/h4-7H,8-12,19H2,1-3H3,(H,20,22);2*1H. The first-order chi connectivity index (χ1) is 10.7. The van der Waals surface area contributed by atoms with Gasteiger partial charge < -0.3 is 15.8 Å². The summed E-state index contributed by atoms with van der Waals surface area (Å²) in [6, 6.07) is 7.52. The van der Waals surface area contributed by atoms with Gasteiger partial charge >= 0.3 is 0 Å². The molecule has 1 heterocycles. The SMILES string of the molecule is CC1(C)CN(CCNC(=O)C(C)(N)c2ccc(Br)cc2)CCO1.Cl.Cl. The van der Waals surface area contributed by atoms with Gasteiger partial charge in [0.25, 0.3) is 0 Å². The maximum absolute atomic E-state index is 12.4. The summed E-state index contributed by atoms with van der Waals surface area (Å²) >= 11 is 3.39. The number of benzene rings is 1. The van der Waals surface area contributed by atoms with Gasteiger partial charge in [-0.25, -0.2) is 0 Å². The molecular formula is C17H28BrCl2N3O2. The predicted octanol–water partition coefficient (Wildman–Crippen LogP) is 2.69. The minimum atomic E-state index is -1.04. The molecule has 1 aliphatic rings. The van der Waals surface area contributed by atoms with Crippen LogP contribution in [-0.4, -0.2) is 49.2 Å². The van der Waals surface area contributed by atoms with E-state index in [4.69, 9.17) is 10.5 Å². The van der Waals surface area contributed by atoms with Gasteiger partial charge in [-0.2, -0.15) is 0 Å².